The van der Waals surface area contributed by atoms with Crippen LogP contribution in [0.1, 0.15) is 10.4 Å². The van der Waals surface area contributed by atoms with Gasteiger partial charge in [0.2, 0.25) is 0 Å². The minimum Gasteiger partial charge on any atom is -0.507 e. The summed E-state index contributed by atoms with van der Waals surface area (Å²) in [5, 5.41) is 9.99. The van der Waals surface area contributed by atoms with E-state index in [9.17, 15) is 14.7 Å². The molecular formula is C18H18ClN3O4. The summed E-state index contributed by atoms with van der Waals surface area (Å²) >= 11 is 5.81. The number of pyridine rings is 1. The Morgan fingerprint density at radius 1 is 1.15 bits per heavy atom. The number of aromatic hydroxyl groups is 1. The number of benzene rings is 1. The van der Waals surface area contributed by atoms with Crippen molar-refractivity contribution in [2.45, 2.75) is 0 Å². The van der Waals surface area contributed by atoms with Gasteiger partial charge in [-0.05, 0) is 30.3 Å². The van der Waals surface area contributed by atoms with Crippen LogP contribution < -0.4 is 4.90 Å². The van der Waals surface area contributed by atoms with E-state index in [0.29, 0.717) is 31.2 Å². The number of amides is 1. The van der Waals surface area contributed by atoms with Crippen LogP contribution in [0.2, 0.25) is 5.02 Å². The highest BCUT2D eigenvalue weighted by atomic mass is 35.5. The van der Waals surface area contributed by atoms with Crippen LogP contribution in [0, 0.1) is 0 Å². The van der Waals surface area contributed by atoms with E-state index in [1.54, 1.807) is 11.1 Å². The van der Waals surface area contributed by atoms with Crippen molar-refractivity contribution < 1.29 is 19.4 Å². The number of phenolic OH excluding ortho intramolecular Hbond substituents is 1. The second-order valence-electron chi connectivity index (χ2n) is 5.79. The monoisotopic (exact) mass is 375 g/mol. The van der Waals surface area contributed by atoms with Crippen LogP contribution in [0.25, 0.3) is 0 Å². The second-order valence-corrected chi connectivity index (χ2v) is 6.23. The first-order chi connectivity index (χ1) is 12.5. The lowest BCUT2D eigenvalue weighted by molar-refractivity contribution is -0.134. The molecule has 1 fully saturated rings. The van der Waals surface area contributed by atoms with Gasteiger partial charge in [0.25, 0.3) is 5.91 Å². The predicted octanol–water partition coefficient (Wildman–Crippen LogP) is 1.95. The first-order valence-corrected chi connectivity index (χ1v) is 8.52. The number of phenols is 1. The van der Waals surface area contributed by atoms with Crippen LogP contribution in [0.5, 0.6) is 5.75 Å². The van der Waals surface area contributed by atoms with Crippen molar-refractivity contribution in [3.05, 3.63) is 53.2 Å². The van der Waals surface area contributed by atoms with E-state index >= 15 is 0 Å². The lowest BCUT2D eigenvalue weighted by atomic mass is 10.2. The van der Waals surface area contributed by atoms with Crippen molar-refractivity contribution in [3.8, 4) is 5.75 Å². The highest BCUT2D eigenvalue weighted by Gasteiger charge is 2.23. The number of nitrogens with zero attached hydrogens (tertiary/aromatic N) is 3. The number of halogens is 1. The number of carbonyl (C=O) groups excluding carboxylic acids is 2. The molecular weight excluding hydrogens is 358 g/mol. The molecule has 0 unspecified atom stereocenters. The molecule has 2 heterocycles. The van der Waals surface area contributed by atoms with E-state index in [1.165, 1.54) is 18.2 Å². The van der Waals surface area contributed by atoms with Crippen molar-refractivity contribution in [3.63, 3.8) is 0 Å². The van der Waals surface area contributed by atoms with Gasteiger partial charge in [-0.25, -0.2) is 9.78 Å². The van der Waals surface area contributed by atoms with Gasteiger partial charge in [-0.15, -0.1) is 0 Å². The number of aromatic nitrogens is 1. The third-order valence-electron chi connectivity index (χ3n) is 4.11. The number of esters is 1. The average molecular weight is 376 g/mol. The second kappa shape index (κ2) is 8.05. The highest BCUT2D eigenvalue weighted by Crippen LogP contribution is 2.22. The predicted molar refractivity (Wildman–Crippen MR) is 96.4 cm³/mol. The minimum atomic E-state index is -0.787. The van der Waals surface area contributed by atoms with Gasteiger partial charge in [0.1, 0.15) is 17.1 Å². The van der Waals surface area contributed by atoms with Gasteiger partial charge in [-0.3, -0.25) is 4.79 Å². The Kier molecular flexibility index (Phi) is 5.58. The van der Waals surface area contributed by atoms with Crippen molar-refractivity contribution in [2.24, 2.45) is 0 Å². The van der Waals surface area contributed by atoms with Gasteiger partial charge in [0.15, 0.2) is 6.61 Å². The molecule has 136 valence electrons. The Labute approximate surface area is 155 Å². The van der Waals surface area contributed by atoms with Gasteiger partial charge >= 0.3 is 5.97 Å². The third kappa shape index (κ3) is 4.23. The quantitative estimate of drug-likeness (QED) is 0.822. The molecule has 1 saturated heterocycles. The lowest BCUT2D eigenvalue weighted by Crippen LogP contribution is -2.50. The Hall–Kier alpha value is -2.80. The zero-order valence-electron chi connectivity index (χ0n) is 14.0. The maximum Gasteiger partial charge on any atom is 0.342 e. The first kappa shape index (κ1) is 18.0. The summed E-state index contributed by atoms with van der Waals surface area (Å²) in [6, 6.07) is 9.77. The largest absolute Gasteiger partial charge is 0.507 e. The third-order valence-corrected chi connectivity index (χ3v) is 4.35. The normalized spacial score (nSPS) is 14.2. The number of ether oxygens (including phenoxy) is 1. The fraction of sp³-hybridized carbons (Fsp3) is 0.278. The molecule has 0 radical (unpaired) electrons. The molecule has 1 aromatic carbocycles. The Balaban J connectivity index is 1.50. The summed E-state index contributed by atoms with van der Waals surface area (Å²) in [4.78, 5) is 32.3. The van der Waals surface area contributed by atoms with E-state index < -0.39 is 5.97 Å². The maximum atomic E-state index is 12.3. The fourth-order valence-corrected chi connectivity index (χ4v) is 2.87. The summed E-state index contributed by atoms with van der Waals surface area (Å²) in [5.41, 5.74) is -0.0646. The van der Waals surface area contributed by atoms with E-state index in [1.807, 2.05) is 18.2 Å². The molecule has 26 heavy (non-hydrogen) atoms. The summed E-state index contributed by atoms with van der Waals surface area (Å²) in [5.74, 6) is -0.427. The number of carbonyl (C=O) groups is 2. The zero-order chi connectivity index (χ0) is 18.5. The molecule has 3 rings (SSSR count). The first-order valence-electron chi connectivity index (χ1n) is 8.14. The molecule has 1 amide bonds. The molecule has 0 atom stereocenters. The standard InChI is InChI=1S/C18H18ClN3O4/c19-13-4-5-15(23)14(11-13)18(25)26-12-17(24)22-9-7-21(8-10-22)16-3-1-2-6-20-16/h1-6,11,23H,7-10,12H2. The van der Waals surface area contributed by atoms with Crippen molar-refractivity contribution in [1.29, 1.82) is 0 Å². The van der Waals surface area contributed by atoms with Crippen molar-refractivity contribution >= 4 is 29.3 Å². The molecule has 1 aromatic heterocycles. The molecule has 2 aromatic rings. The lowest BCUT2D eigenvalue weighted by Gasteiger charge is -2.35. The molecule has 1 N–H and O–H groups in total. The number of rotatable bonds is 4. The van der Waals surface area contributed by atoms with Crippen LogP contribution in [0.3, 0.4) is 0 Å². The van der Waals surface area contributed by atoms with Crippen LogP contribution in [-0.4, -0.2) is 59.7 Å². The number of hydrogen-bond donors (Lipinski definition) is 1. The number of hydrogen-bond acceptors (Lipinski definition) is 6. The molecule has 0 aliphatic carbocycles. The van der Waals surface area contributed by atoms with Crippen LogP contribution in [-0.2, 0) is 9.53 Å². The van der Waals surface area contributed by atoms with Gasteiger partial charge in [-0.1, -0.05) is 17.7 Å². The van der Waals surface area contributed by atoms with E-state index in [2.05, 4.69) is 9.88 Å². The Morgan fingerprint density at radius 3 is 2.62 bits per heavy atom. The SMILES string of the molecule is O=C(OCC(=O)N1CCN(c2ccccn2)CC1)c1cc(Cl)ccc1O. The van der Waals surface area contributed by atoms with Gasteiger partial charge in [0, 0.05) is 37.4 Å². The molecule has 1 aliphatic rings. The molecule has 0 saturated carbocycles. The van der Waals surface area contributed by atoms with E-state index in [0.717, 1.165) is 5.82 Å². The van der Waals surface area contributed by atoms with Crippen LogP contribution >= 0.6 is 11.6 Å². The molecule has 0 spiro atoms. The zero-order valence-corrected chi connectivity index (χ0v) is 14.7. The van der Waals surface area contributed by atoms with Crippen molar-refractivity contribution in [1.82, 2.24) is 9.88 Å². The Bertz CT molecular complexity index is 792. The van der Waals surface area contributed by atoms with E-state index in [-0.39, 0.29) is 23.8 Å². The van der Waals surface area contributed by atoms with Crippen LogP contribution in [0.4, 0.5) is 5.82 Å². The van der Waals surface area contributed by atoms with Crippen LogP contribution in [0.15, 0.2) is 42.6 Å². The molecule has 1 aliphatic heterocycles. The van der Waals surface area contributed by atoms with Crippen molar-refractivity contribution in [2.75, 3.05) is 37.7 Å². The summed E-state index contributed by atoms with van der Waals surface area (Å²) in [6.45, 7) is 1.98. The fourth-order valence-electron chi connectivity index (χ4n) is 2.69. The minimum absolute atomic E-state index is 0.0646. The molecule has 7 nitrogen and oxygen atoms in total. The van der Waals surface area contributed by atoms with Gasteiger partial charge < -0.3 is 19.6 Å². The Morgan fingerprint density at radius 2 is 1.92 bits per heavy atom. The topological polar surface area (TPSA) is 83.0 Å². The maximum absolute atomic E-state index is 12.3. The summed E-state index contributed by atoms with van der Waals surface area (Å²) < 4.78 is 5.02. The van der Waals surface area contributed by atoms with Gasteiger partial charge in [0.05, 0.1) is 0 Å². The molecule has 0 bridgehead atoms. The van der Waals surface area contributed by atoms with Gasteiger partial charge in [-0.2, -0.15) is 0 Å². The molecule has 8 heteroatoms. The van der Waals surface area contributed by atoms with E-state index in [4.69, 9.17) is 16.3 Å². The average Bonchev–Trinajstić information content (AvgIpc) is 2.68. The number of anilines is 1. The summed E-state index contributed by atoms with van der Waals surface area (Å²) in [7, 11) is 0. The number of piperazine rings is 1. The smallest absolute Gasteiger partial charge is 0.342 e. The highest BCUT2D eigenvalue weighted by molar-refractivity contribution is 6.31. The summed E-state index contributed by atoms with van der Waals surface area (Å²) in [6.07, 6.45) is 1.73.